The van der Waals surface area contributed by atoms with E-state index in [1.165, 1.54) is 0 Å². The highest BCUT2D eigenvalue weighted by molar-refractivity contribution is 5.82. The minimum Gasteiger partial charge on any atom is -0.367 e. The Kier molecular flexibility index (Phi) is 4.33. The summed E-state index contributed by atoms with van der Waals surface area (Å²) < 4.78 is 5.38. The molecule has 1 fully saturated rings. The summed E-state index contributed by atoms with van der Waals surface area (Å²) in [7, 11) is 1.58. The quantitative estimate of drug-likeness (QED) is 0.873. The highest BCUT2D eigenvalue weighted by Crippen LogP contribution is 2.19. The number of nitrogens with zero attached hydrogens (tertiary/aromatic N) is 1. The Morgan fingerprint density at radius 2 is 2.17 bits per heavy atom. The Labute approximate surface area is 108 Å². The second kappa shape index (κ2) is 5.98. The highest BCUT2D eigenvalue weighted by Gasteiger charge is 2.28. The summed E-state index contributed by atoms with van der Waals surface area (Å²) in [5.41, 5.74) is 0.913. The van der Waals surface area contributed by atoms with Crippen LogP contribution in [0, 0.1) is 0 Å². The number of amides is 1. The van der Waals surface area contributed by atoms with Crippen molar-refractivity contribution in [2.45, 2.75) is 19.1 Å². The molecule has 0 aromatic heterocycles. The first-order valence-corrected chi connectivity index (χ1v) is 6.32. The van der Waals surface area contributed by atoms with E-state index in [1.807, 2.05) is 35.2 Å². The smallest absolute Gasteiger partial charge is 0.256 e. The third-order valence-corrected chi connectivity index (χ3v) is 3.24. The molecule has 0 radical (unpaired) electrons. The largest absolute Gasteiger partial charge is 0.367 e. The zero-order valence-electron chi connectivity index (χ0n) is 10.9. The van der Waals surface area contributed by atoms with Crippen LogP contribution in [0.15, 0.2) is 30.3 Å². The van der Waals surface area contributed by atoms with E-state index in [1.54, 1.807) is 7.11 Å². The molecule has 4 heteroatoms. The molecular weight excluding hydrogens is 228 g/mol. The summed E-state index contributed by atoms with van der Waals surface area (Å²) in [4.78, 5) is 14.3. The van der Waals surface area contributed by atoms with E-state index >= 15 is 0 Å². The van der Waals surface area contributed by atoms with E-state index in [-0.39, 0.29) is 5.91 Å². The average molecular weight is 248 g/mol. The standard InChI is InChI=1S/C14H20N2O2/c1-11-10-16(9-8-15-11)14(17)13(18-2)12-6-4-3-5-7-12/h3-7,11,13,15H,8-10H2,1-2H3/t11-,13?/m1/s1. The van der Waals surface area contributed by atoms with Crippen LogP contribution in [-0.2, 0) is 9.53 Å². The molecular formula is C14H20N2O2. The number of rotatable bonds is 3. The molecule has 1 saturated heterocycles. The molecule has 1 amide bonds. The highest BCUT2D eigenvalue weighted by atomic mass is 16.5. The number of benzene rings is 1. The van der Waals surface area contributed by atoms with Crippen LogP contribution >= 0.6 is 0 Å². The first-order chi connectivity index (χ1) is 8.72. The van der Waals surface area contributed by atoms with Gasteiger partial charge in [-0.1, -0.05) is 30.3 Å². The molecule has 1 aliphatic heterocycles. The minimum atomic E-state index is -0.489. The van der Waals surface area contributed by atoms with Crippen LogP contribution < -0.4 is 5.32 Å². The molecule has 1 aliphatic rings. The van der Waals surface area contributed by atoms with Crippen LogP contribution in [-0.4, -0.2) is 43.6 Å². The molecule has 1 heterocycles. The summed E-state index contributed by atoms with van der Waals surface area (Å²) in [6, 6.07) is 9.99. The van der Waals surface area contributed by atoms with E-state index in [0.29, 0.717) is 6.04 Å². The number of ether oxygens (including phenoxy) is 1. The summed E-state index contributed by atoms with van der Waals surface area (Å²) in [6.07, 6.45) is -0.489. The fourth-order valence-electron chi connectivity index (χ4n) is 2.31. The number of carbonyl (C=O) groups excluding carboxylic acids is 1. The predicted octanol–water partition coefficient (Wildman–Crippen LogP) is 1.19. The molecule has 0 saturated carbocycles. The maximum absolute atomic E-state index is 12.4. The Morgan fingerprint density at radius 1 is 1.44 bits per heavy atom. The average Bonchev–Trinajstić information content (AvgIpc) is 2.41. The summed E-state index contributed by atoms with van der Waals surface area (Å²) in [5, 5.41) is 3.33. The van der Waals surface area contributed by atoms with Crippen LogP contribution in [0.2, 0.25) is 0 Å². The van der Waals surface area contributed by atoms with Gasteiger partial charge in [-0.05, 0) is 12.5 Å². The fraction of sp³-hybridized carbons (Fsp3) is 0.500. The molecule has 1 aromatic carbocycles. The number of piperazine rings is 1. The van der Waals surface area contributed by atoms with E-state index in [0.717, 1.165) is 25.2 Å². The molecule has 98 valence electrons. The first kappa shape index (κ1) is 13.1. The molecule has 1 aromatic rings. The third kappa shape index (κ3) is 2.89. The normalized spacial score (nSPS) is 21.7. The van der Waals surface area contributed by atoms with Gasteiger partial charge in [0.05, 0.1) is 0 Å². The van der Waals surface area contributed by atoms with Gasteiger partial charge in [0.1, 0.15) is 0 Å². The van der Waals surface area contributed by atoms with Crippen LogP contribution in [0.5, 0.6) is 0 Å². The van der Waals surface area contributed by atoms with Crippen LogP contribution in [0.25, 0.3) is 0 Å². The monoisotopic (exact) mass is 248 g/mol. The number of methoxy groups -OCH3 is 1. The van der Waals surface area contributed by atoms with Crippen LogP contribution in [0.1, 0.15) is 18.6 Å². The van der Waals surface area contributed by atoms with Gasteiger partial charge in [-0.25, -0.2) is 0 Å². The number of hydrogen-bond acceptors (Lipinski definition) is 3. The lowest BCUT2D eigenvalue weighted by molar-refractivity contribution is -0.143. The summed E-state index contributed by atoms with van der Waals surface area (Å²) in [6.45, 7) is 4.42. The van der Waals surface area contributed by atoms with Crippen molar-refractivity contribution in [3.05, 3.63) is 35.9 Å². The number of nitrogens with one attached hydrogen (secondary N) is 1. The van der Waals surface area contributed by atoms with Gasteiger partial charge in [-0.15, -0.1) is 0 Å². The van der Waals surface area contributed by atoms with E-state index in [4.69, 9.17) is 4.74 Å². The van der Waals surface area contributed by atoms with Gasteiger partial charge in [-0.3, -0.25) is 4.79 Å². The van der Waals surface area contributed by atoms with Crippen molar-refractivity contribution in [1.82, 2.24) is 10.2 Å². The lowest BCUT2D eigenvalue weighted by Crippen LogP contribution is -2.52. The van der Waals surface area contributed by atoms with Gasteiger partial charge in [0.15, 0.2) is 6.10 Å². The van der Waals surface area contributed by atoms with E-state index in [9.17, 15) is 4.79 Å². The van der Waals surface area contributed by atoms with Gasteiger partial charge in [0.25, 0.3) is 5.91 Å². The van der Waals surface area contributed by atoms with Crippen molar-refractivity contribution in [2.75, 3.05) is 26.7 Å². The van der Waals surface area contributed by atoms with Gasteiger partial charge in [-0.2, -0.15) is 0 Å². The Hall–Kier alpha value is -1.39. The molecule has 0 spiro atoms. The van der Waals surface area contributed by atoms with Gasteiger partial charge in [0, 0.05) is 32.8 Å². The van der Waals surface area contributed by atoms with Crippen molar-refractivity contribution >= 4 is 5.91 Å². The Balaban J connectivity index is 2.10. The second-order valence-electron chi connectivity index (χ2n) is 4.67. The predicted molar refractivity (Wildman–Crippen MR) is 70.2 cm³/mol. The van der Waals surface area contributed by atoms with E-state index < -0.39 is 6.10 Å². The fourth-order valence-corrected chi connectivity index (χ4v) is 2.31. The second-order valence-corrected chi connectivity index (χ2v) is 4.67. The lowest BCUT2D eigenvalue weighted by atomic mass is 10.1. The SMILES string of the molecule is COC(C(=O)N1CCN[C@H](C)C1)c1ccccc1. The first-order valence-electron chi connectivity index (χ1n) is 6.32. The summed E-state index contributed by atoms with van der Waals surface area (Å²) >= 11 is 0. The van der Waals surface area contributed by atoms with Gasteiger partial charge < -0.3 is 15.0 Å². The van der Waals surface area contributed by atoms with Gasteiger partial charge in [0.2, 0.25) is 0 Å². The molecule has 4 nitrogen and oxygen atoms in total. The zero-order valence-corrected chi connectivity index (χ0v) is 10.9. The molecule has 0 bridgehead atoms. The van der Waals surface area contributed by atoms with Crippen molar-refractivity contribution in [3.8, 4) is 0 Å². The Morgan fingerprint density at radius 3 is 2.78 bits per heavy atom. The number of carbonyl (C=O) groups is 1. The van der Waals surface area contributed by atoms with Crippen molar-refractivity contribution < 1.29 is 9.53 Å². The molecule has 1 unspecified atom stereocenters. The Bertz CT molecular complexity index is 394. The zero-order chi connectivity index (χ0) is 13.0. The molecule has 0 aliphatic carbocycles. The molecule has 18 heavy (non-hydrogen) atoms. The van der Waals surface area contributed by atoms with Crippen molar-refractivity contribution in [3.63, 3.8) is 0 Å². The van der Waals surface area contributed by atoms with Crippen LogP contribution in [0.4, 0.5) is 0 Å². The third-order valence-electron chi connectivity index (χ3n) is 3.24. The van der Waals surface area contributed by atoms with E-state index in [2.05, 4.69) is 12.2 Å². The topological polar surface area (TPSA) is 41.6 Å². The van der Waals surface area contributed by atoms with Gasteiger partial charge >= 0.3 is 0 Å². The maximum atomic E-state index is 12.4. The maximum Gasteiger partial charge on any atom is 0.256 e. The minimum absolute atomic E-state index is 0.0528. The lowest BCUT2D eigenvalue weighted by Gasteiger charge is -2.34. The van der Waals surface area contributed by atoms with Crippen molar-refractivity contribution in [1.29, 1.82) is 0 Å². The summed E-state index contributed by atoms with van der Waals surface area (Å²) in [5.74, 6) is 0.0528. The van der Waals surface area contributed by atoms with Crippen LogP contribution in [0.3, 0.4) is 0 Å². The number of hydrogen-bond donors (Lipinski definition) is 1. The molecule has 2 rings (SSSR count). The molecule has 2 atom stereocenters. The van der Waals surface area contributed by atoms with Crippen molar-refractivity contribution in [2.24, 2.45) is 0 Å². The molecule has 1 N–H and O–H groups in total.